The molecule has 0 aromatic heterocycles. The summed E-state index contributed by atoms with van der Waals surface area (Å²) in [7, 11) is 0. The van der Waals surface area contributed by atoms with Gasteiger partial charge < -0.3 is 63.5 Å². The molecule has 0 amide bonds. The lowest BCUT2D eigenvalue weighted by molar-refractivity contribution is -0.657. The molecule has 1 saturated heterocycles. The van der Waals surface area contributed by atoms with Gasteiger partial charge in [-0.25, -0.2) is 0 Å². The van der Waals surface area contributed by atoms with Gasteiger partial charge in [0.05, 0.1) is 38.1 Å². The van der Waals surface area contributed by atoms with Crippen molar-refractivity contribution in [2.24, 2.45) is 0 Å². The Kier molecular flexibility index (Phi) is 19.7. The van der Waals surface area contributed by atoms with Crippen LogP contribution in [0, 0.1) is 0 Å². The minimum Gasteiger partial charge on any atom is -0.545 e. The summed E-state index contributed by atoms with van der Waals surface area (Å²) in [5.74, 6) is -2.36. The van der Waals surface area contributed by atoms with Crippen LogP contribution < -0.4 is 42.9 Å². The Labute approximate surface area is 199 Å². The maximum absolute atomic E-state index is 10.2. The molecule has 1 aliphatic heterocycles. The number of nitrogens with two attached hydrogens (primary N) is 4. The van der Waals surface area contributed by atoms with Crippen molar-refractivity contribution >= 4 is 23.3 Å². The van der Waals surface area contributed by atoms with Gasteiger partial charge in [-0.15, -0.1) is 0 Å². The summed E-state index contributed by atoms with van der Waals surface area (Å²) in [5.41, 5.74) is 12.0. The predicted octanol–water partition coefficient (Wildman–Crippen LogP) is -6.08. The highest BCUT2D eigenvalue weighted by Crippen LogP contribution is 2.04. The number of carbonyl (C=O) groups is 2. The molecule has 0 unspecified atom stereocenters. The second kappa shape index (κ2) is 20.4. The Balaban J connectivity index is 0. The third-order valence-electron chi connectivity index (χ3n) is 4.39. The molecule has 0 saturated carbocycles. The molecular weight excluding hydrogens is 444 g/mol. The molecule has 14 N–H and O–H groups in total. The van der Waals surface area contributed by atoms with Crippen LogP contribution in [0.2, 0.25) is 0 Å². The summed E-state index contributed by atoms with van der Waals surface area (Å²) in [4.78, 5) is 20.3. The van der Waals surface area contributed by atoms with Crippen LogP contribution in [0.25, 0.3) is 0 Å². The lowest BCUT2D eigenvalue weighted by atomic mass is 10.2. The molecule has 1 aliphatic rings. The highest BCUT2D eigenvalue weighted by atomic mass is 16.4. The number of rotatable bonds is 2. The van der Waals surface area contributed by atoms with Gasteiger partial charge in [0.25, 0.3) is 0 Å². The number of nitrogens with one attached hydrogen (secondary N) is 2. The van der Waals surface area contributed by atoms with Crippen molar-refractivity contribution in [1.82, 2.24) is 10.6 Å². The minimum atomic E-state index is -1.18. The third-order valence-corrected chi connectivity index (χ3v) is 4.39. The van der Waals surface area contributed by atoms with Crippen LogP contribution in [-0.2, 0) is 0 Å². The molecule has 0 radical (unpaired) electrons. The van der Waals surface area contributed by atoms with Crippen molar-refractivity contribution in [2.45, 2.75) is 0 Å². The highest BCUT2D eigenvalue weighted by Gasteiger charge is 1.96. The van der Waals surface area contributed by atoms with Gasteiger partial charge in [-0.2, -0.15) is 0 Å². The molecule has 1 fully saturated rings. The Morgan fingerprint density at radius 2 is 0.882 bits per heavy atom. The largest absolute Gasteiger partial charge is 0.545 e. The summed E-state index contributed by atoms with van der Waals surface area (Å²) in [6, 6.07) is 11.7. The fourth-order valence-corrected chi connectivity index (χ4v) is 2.59. The van der Waals surface area contributed by atoms with E-state index in [1.165, 1.54) is 74.7 Å². The van der Waals surface area contributed by atoms with Gasteiger partial charge in [-0.1, -0.05) is 24.3 Å². The van der Waals surface area contributed by atoms with Crippen LogP contribution in [0.1, 0.15) is 20.7 Å². The van der Waals surface area contributed by atoms with Crippen molar-refractivity contribution < 1.29 is 41.4 Å². The average Bonchev–Trinajstić information content (AvgIpc) is 2.76. The van der Waals surface area contributed by atoms with E-state index in [9.17, 15) is 19.8 Å². The van der Waals surface area contributed by atoms with Gasteiger partial charge in [0, 0.05) is 37.6 Å². The van der Waals surface area contributed by atoms with Gasteiger partial charge in [-0.05, 0) is 35.4 Å². The monoisotopic (exact) mass is 482 g/mol. The number of nitrogen functional groups attached to an aromatic ring is 2. The molecular formula is C22H38N6O6. The zero-order valence-electron chi connectivity index (χ0n) is 19.2. The van der Waals surface area contributed by atoms with Gasteiger partial charge in [0.2, 0.25) is 0 Å². The van der Waals surface area contributed by atoms with E-state index < -0.39 is 11.9 Å². The van der Waals surface area contributed by atoms with E-state index in [2.05, 4.69) is 21.3 Å². The number of quaternary nitrogens is 2. The zero-order chi connectivity index (χ0) is 23.6. The number of anilines is 2. The van der Waals surface area contributed by atoms with Crippen LogP contribution in [0.3, 0.4) is 0 Å². The highest BCUT2D eigenvalue weighted by molar-refractivity contribution is 5.86. The van der Waals surface area contributed by atoms with Gasteiger partial charge in [-0.3, -0.25) is 0 Å². The van der Waals surface area contributed by atoms with E-state index in [0.29, 0.717) is 11.4 Å². The Morgan fingerprint density at radius 1 is 0.618 bits per heavy atom. The lowest BCUT2D eigenvalue weighted by Gasteiger charge is -2.07. The maximum Gasteiger partial charge on any atom is 0.0882 e. The number of carboxylic acid groups (broad SMARTS) is 2. The van der Waals surface area contributed by atoms with E-state index in [-0.39, 0.29) is 22.1 Å². The first-order valence-electron chi connectivity index (χ1n) is 10.6. The fraction of sp³-hybridized carbons (Fsp3) is 0.364. The molecule has 12 heteroatoms. The molecule has 2 aromatic rings. The smallest absolute Gasteiger partial charge is 0.0882 e. The first kappa shape index (κ1) is 32.9. The number of aromatic carboxylic acids is 2. The van der Waals surface area contributed by atoms with E-state index in [1.54, 1.807) is 0 Å². The van der Waals surface area contributed by atoms with Crippen molar-refractivity contribution in [3.8, 4) is 0 Å². The molecule has 0 aliphatic carbocycles. The summed E-state index contributed by atoms with van der Waals surface area (Å²) in [6.45, 7) is 9.43. The second-order valence-corrected chi connectivity index (χ2v) is 7.05. The van der Waals surface area contributed by atoms with E-state index >= 15 is 0 Å². The standard InChI is InChI=1S/C8H20N4.2C7H7NO2.2H2O/c1-2-10-5-6-12-8-7-11-4-3-9-1;2*8-6-3-1-5(2-4-6)7(9)10;;/h9-12H,1-8H2;2*1-4H,8H2,(H,9,10);2*1H2. The average molecular weight is 483 g/mol. The van der Waals surface area contributed by atoms with Crippen molar-refractivity contribution in [1.29, 1.82) is 0 Å². The summed E-state index contributed by atoms with van der Waals surface area (Å²) >= 11 is 0. The molecule has 34 heavy (non-hydrogen) atoms. The molecule has 192 valence electrons. The Hall–Kier alpha value is -3.26. The normalized spacial score (nSPS) is 13.9. The number of carboxylic acids is 2. The molecule has 12 nitrogen and oxygen atoms in total. The summed E-state index contributed by atoms with van der Waals surface area (Å²) in [6.07, 6.45) is 0. The lowest BCUT2D eigenvalue weighted by Crippen LogP contribution is -2.89. The Bertz CT molecular complexity index is 691. The van der Waals surface area contributed by atoms with Crippen molar-refractivity contribution in [3.05, 3.63) is 59.7 Å². The SMILES string of the molecule is C1C[NH2+]CCNCC[NH2+]CCN1.Nc1ccc(C(=O)[O-])cc1.Nc1ccc(C(=O)[O-])cc1.O.O. The zero-order valence-corrected chi connectivity index (χ0v) is 19.2. The first-order valence-corrected chi connectivity index (χ1v) is 10.6. The number of hydrogen-bond donors (Lipinski definition) is 6. The first-order chi connectivity index (χ1) is 15.4. The predicted molar refractivity (Wildman–Crippen MR) is 127 cm³/mol. The van der Waals surface area contributed by atoms with Gasteiger partial charge >= 0.3 is 0 Å². The molecule has 2 aromatic carbocycles. The van der Waals surface area contributed by atoms with Crippen molar-refractivity contribution in [3.63, 3.8) is 0 Å². The second-order valence-electron chi connectivity index (χ2n) is 7.05. The number of benzene rings is 2. The number of hydrogen-bond acceptors (Lipinski definition) is 8. The summed E-state index contributed by atoms with van der Waals surface area (Å²) < 4.78 is 0. The van der Waals surface area contributed by atoms with Crippen LogP contribution in [0.5, 0.6) is 0 Å². The van der Waals surface area contributed by atoms with Gasteiger partial charge in [0.1, 0.15) is 0 Å². The van der Waals surface area contributed by atoms with E-state index in [1.807, 2.05) is 0 Å². The van der Waals surface area contributed by atoms with E-state index in [4.69, 9.17) is 11.5 Å². The fourth-order valence-electron chi connectivity index (χ4n) is 2.59. The van der Waals surface area contributed by atoms with Gasteiger partial charge in [0.15, 0.2) is 0 Å². The quantitative estimate of drug-likeness (QED) is 0.224. The number of carbonyl (C=O) groups excluding carboxylic acids is 2. The topological polar surface area (TPSA) is 253 Å². The molecule has 0 atom stereocenters. The minimum absolute atomic E-state index is 0. The maximum atomic E-state index is 10.2. The summed E-state index contributed by atoms with van der Waals surface area (Å²) in [5, 5.41) is 31.9. The van der Waals surface area contributed by atoms with E-state index in [0.717, 1.165) is 26.2 Å². The van der Waals surface area contributed by atoms with Crippen LogP contribution in [0.15, 0.2) is 48.5 Å². The third kappa shape index (κ3) is 16.4. The molecule has 3 rings (SSSR count). The van der Waals surface area contributed by atoms with Crippen molar-refractivity contribution in [2.75, 3.05) is 63.8 Å². The molecule has 1 heterocycles. The van der Waals surface area contributed by atoms with Crippen LogP contribution >= 0.6 is 0 Å². The van der Waals surface area contributed by atoms with Crippen LogP contribution in [-0.4, -0.2) is 75.2 Å². The van der Waals surface area contributed by atoms with Crippen LogP contribution in [0.4, 0.5) is 11.4 Å². The Morgan fingerprint density at radius 3 is 1.12 bits per heavy atom. The molecule has 0 spiro atoms. The molecule has 0 bridgehead atoms.